The van der Waals surface area contributed by atoms with Gasteiger partial charge >= 0.3 is 0 Å². The molecule has 2 N–H and O–H groups in total. The predicted octanol–water partition coefficient (Wildman–Crippen LogP) is 2.21. The van der Waals surface area contributed by atoms with Gasteiger partial charge in [-0.25, -0.2) is 0 Å². The molecule has 0 spiro atoms. The molecule has 1 aliphatic carbocycles. The lowest BCUT2D eigenvalue weighted by atomic mass is 9.80. The van der Waals surface area contributed by atoms with Gasteiger partial charge in [0.1, 0.15) is 24.2 Å². The maximum absolute atomic E-state index is 9.92. The van der Waals surface area contributed by atoms with Gasteiger partial charge in [-0.3, -0.25) is 0 Å². The van der Waals surface area contributed by atoms with E-state index in [-0.39, 0.29) is 0 Å². The molecule has 1 saturated carbocycles. The Balaban J connectivity index is 1.64. The second-order valence-electron chi connectivity index (χ2n) is 5.53. The fourth-order valence-electron chi connectivity index (χ4n) is 2.35. The van der Waals surface area contributed by atoms with E-state index < -0.39 is 6.10 Å². The van der Waals surface area contributed by atoms with Crippen LogP contribution in [0.3, 0.4) is 0 Å². The first kappa shape index (κ1) is 15.1. The van der Waals surface area contributed by atoms with Gasteiger partial charge in [0.15, 0.2) is 0 Å². The topological polar surface area (TPSA) is 50.7 Å². The van der Waals surface area contributed by atoms with Crippen LogP contribution in [0.1, 0.15) is 26.2 Å². The molecule has 0 bridgehead atoms. The molecule has 20 heavy (non-hydrogen) atoms. The lowest BCUT2D eigenvalue weighted by molar-refractivity contribution is 0.0981. The number of nitrogens with one attached hydrogen (secondary N) is 1. The third kappa shape index (κ3) is 4.39. The predicted molar refractivity (Wildman–Crippen MR) is 79.3 cm³/mol. The normalized spacial score (nSPS) is 18.1. The van der Waals surface area contributed by atoms with Gasteiger partial charge in [-0.1, -0.05) is 6.42 Å². The van der Waals surface area contributed by atoms with Gasteiger partial charge in [-0.05, 0) is 49.9 Å². The van der Waals surface area contributed by atoms with E-state index in [2.05, 4.69) is 12.2 Å². The Hall–Kier alpha value is -1.26. The lowest BCUT2D eigenvalue weighted by Gasteiger charge is -2.32. The highest BCUT2D eigenvalue weighted by atomic mass is 16.5. The minimum Gasteiger partial charge on any atom is -0.497 e. The third-order valence-corrected chi connectivity index (χ3v) is 4.03. The van der Waals surface area contributed by atoms with E-state index in [1.807, 2.05) is 24.3 Å². The van der Waals surface area contributed by atoms with Crippen LogP contribution in [0, 0.1) is 5.92 Å². The minimum absolute atomic E-state index is 0.302. The molecule has 0 saturated heterocycles. The zero-order valence-corrected chi connectivity index (χ0v) is 12.3. The summed E-state index contributed by atoms with van der Waals surface area (Å²) in [6.45, 7) is 3.07. The standard InChI is InChI=1S/C16H25NO3/c1-12(13-4-3-5-13)17-10-14(18)11-20-16-8-6-15(19-2)7-9-16/h6-9,12-14,17-18H,3-5,10-11H2,1-2H3. The summed E-state index contributed by atoms with van der Waals surface area (Å²) < 4.78 is 10.6. The van der Waals surface area contributed by atoms with Gasteiger partial charge < -0.3 is 19.9 Å². The number of hydrogen-bond acceptors (Lipinski definition) is 4. The van der Waals surface area contributed by atoms with E-state index in [1.54, 1.807) is 7.11 Å². The maximum Gasteiger partial charge on any atom is 0.119 e. The molecule has 0 heterocycles. The summed E-state index contributed by atoms with van der Waals surface area (Å²) >= 11 is 0. The van der Waals surface area contributed by atoms with Crippen molar-refractivity contribution in [2.75, 3.05) is 20.3 Å². The van der Waals surface area contributed by atoms with Crippen molar-refractivity contribution in [3.05, 3.63) is 24.3 Å². The molecule has 1 aromatic rings. The zero-order chi connectivity index (χ0) is 14.4. The number of ether oxygens (including phenoxy) is 2. The Morgan fingerprint density at radius 1 is 1.25 bits per heavy atom. The molecular weight excluding hydrogens is 254 g/mol. The maximum atomic E-state index is 9.92. The highest BCUT2D eigenvalue weighted by Crippen LogP contribution is 2.29. The van der Waals surface area contributed by atoms with E-state index >= 15 is 0 Å². The summed E-state index contributed by atoms with van der Waals surface area (Å²) in [5.74, 6) is 2.33. The lowest BCUT2D eigenvalue weighted by Crippen LogP contribution is -2.42. The SMILES string of the molecule is COc1ccc(OCC(O)CNC(C)C2CCC2)cc1. The smallest absolute Gasteiger partial charge is 0.119 e. The van der Waals surface area contributed by atoms with Crippen LogP contribution in [0.4, 0.5) is 0 Å². The van der Waals surface area contributed by atoms with Crippen molar-refractivity contribution in [1.29, 1.82) is 0 Å². The first-order chi connectivity index (χ1) is 9.69. The first-order valence-corrected chi connectivity index (χ1v) is 7.37. The Morgan fingerprint density at radius 3 is 2.45 bits per heavy atom. The minimum atomic E-state index is -0.486. The Morgan fingerprint density at radius 2 is 1.90 bits per heavy atom. The molecular formula is C16H25NO3. The van der Waals surface area contributed by atoms with E-state index in [0.29, 0.717) is 19.2 Å². The van der Waals surface area contributed by atoms with Gasteiger partial charge in [0.2, 0.25) is 0 Å². The van der Waals surface area contributed by atoms with E-state index in [4.69, 9.17) is 9.47 Å². The van der Waals surface area contributed by atoms with Crippen molar-refractivity contribution in [3.8, 4) is 11.5 Å². The Bertz CT molecular complexity index is 389. The first-order valence-electron chi connectivity index (χ1n) is 7.37. The van der Waals surface area contributed by atoms with Gasteiger partial charge in [0, 0.05) is 12.6 Å². The molecule has 2 unspecified atom stereocenters. The van der Waals surface area contributed by atoms with Crippen LogP contribution in [0.25, 0.3) is 0 Å². The number of methoxy groups -OCH3 is 1. The van der Waals surface area contributed by atoms with E-state index in [9.17, 15) is 5.11 Å². The number of hydrogen-bond donors (Lipinski definition) is 2. The molecule has 4 heteroatoms. The van der Waals surface area contributed by atoms with Gasteiger partial charge in [0.05, 0.1) is 7.11 Å². The number of benzene rings is 1. The van der Waals surface area contributed by atoms with Gasteiger partial charge in [-0.15, -0.1) is 0 Å². The molecule has 0 aromatic heterocycles. The van der Waals surface area contributed by atoms with Crippen LogP contribution in [-0.2, 0) is 0 Å². The average Bonchev–Trinajstić information content (AvgIpc) is 2.41. The number of aliphatic hydroxyl groups excluding tert-OH is 1. The van der Waals surface area contributed by atoms with E-state index in [0.717, 1.165) is 17.4 Å². The second kappa shape index (κ2) is 7.50. The summed E-state index contributed by atoms with van der Waals surface area (Å²) in [6.07, 6.45) is 3.48. The van der Waals surface area contributed by atoms with Crippen LogP contribution in [0.2, 0.25) is 0 Å². The van der Waals surface area contributed by atoms with Crippen LogP contribution < -0.4 is 14.8 Å². The largest absolute Gasteiger partial charge is 0.497 e. The Kier molecular flexibility index (Phi) is 5.68. The Labute approximate surface area is 121 Å². The van der Waals surface area contributed by atoms with Crippen molar-refractivity contribution in [2.24, 2.45) is 5.92 Å². The molecule has 2 rings (SSSR count). The molecule has 1 aromatic carbocycles. The van der Waals surface area contributed by atoms with Crippen molar-refractivity contribution in [3.63, 3.8) is 0 Å². The summed E-state index contributed by atoms with van der Waals surface area (Å²) in [7, 11) is 1.63. The molecule has 4 nitrogen and oxygen atoms in total. The van der Waals surface area contributed by atoms with Crippen molar-refractivity contribution in [2.45, 2.75) is 38.3 Å². The third-order valence-electron chi connectivity index (χ3n) is 4.03. The number of aliphatic hydroxyl groups is 1. The van der Waals surface area contributed by atoms with Crippen LogP contribution >= 0.6 is 0 Å². The summed E-state index contributed by atoms with van der Waals surface area (Å²) in [4.78, 5) is 0. The zero-order valence-electron chi connectivity index (χ0n) is 12.3. The van der Waals surface area contributed by atoms with Crippen LogP contribution in [0.5, 0.6) is 11.5 Å². The fourth-order valence-corrected chi connectivity index (χ4v) is 2.35. The van der Waals surface area contributed by atoms with Crippen LogP contribution in [0.15, 0.2) is 24.3 Å². The van der Waals surface area contributed by atoms with Crippen molar-refractivity contribution in [1.82, 2.24) is 5.32 Å². The fraction of sp³-hybridized carbons (Fsp3) is 0.625. The van der Waals surface area contributed by atoms with E-state index in [1.165, 1.54) is 19.3 Å². The molecule has 2 atom stereocenters. The van der Waals surface area contributed by atoms with Crippen molar-refractivity contribution >= 4 is 0 Å². The second-order valence-corrected chi connectivity index (χ2v) is 5.53. The quantitative estimate of drug-likeness (QED) is 0.766. The monoisotopic (exact) mass is 279 g/mol. The number of rotatable bonds is 8. The highest BCUT2D eigenvalue weighted by molar-refractivity contribution is 5.31. The highest BCUT2D eigenvalue weighted by Gasteiger charge is 2.23. The summed E-state index contributed by atoms with van der Waals surface area (Å²) in [5, 5.41) is 13.3. The molecule has 0 amide bonds. The van der Waals surface area contributed by atoms with Crippen molar-refractivity contribution < 1.29 is 14.6 Å². The molecule has 112 valence electrons. The summed E-state index contributed by atoms with van der Waals surface area (Å²) in [6, 6.07) is 7.86. The molecule has 1 fully saturated rings. The molecule has 0 aliphatic heterocycles. The molecule has 1 aliphatic rings. The van der Waals surface area contributed by atoms with Gasteiger partial charge in [-0.2, -0.15) is 0 Å². The molecule has 0 radical (unpaired) electrons. The van der Waals surface area contributed by atoms with Crippen LogP contribution in [-0.4, -0.2) is 37.5 Å². The summed E-state index contributed by atoms with van der Waals surface area (Å²) in [5.41, 5.74) is 0. The average molecular weight is 279 g/mol. The van der Waals surface area contributed by atoms with Gasteiger partial charge in [0.25, 0.3) is 0 Å².